The lowest BCUT2D eigenvalue weighted by Crippen LogP contribution is -2.45. The van der Waals surface area contributed by atoms with Crippen LogP contribution < -0.4 is 15.4 Å². The summed E-state index contributed by atoms with van der Waals surface area (Å²) in [6, 6.07) is 5.37. The molecule has 1 aliphatic rings. The number of piperazine rings is 1. The van der Waals surface area contributed by atoms with Crippen LogP contribution in [0.1, 0.15) is 11.1 Å². The van der Waals surface area contributed by atoms with E-state index in [0.717, 1.165) is 25.0 Å². The van der Waals surface area contributed by atoms with Crippen molar-refractivity contribution in [3.63, 3.8) is 0 Å². The van der Waals surface area contributed by atoms with Crippen LogP contribution in [0.2, 0.25) is 0 Å². The third kappa shape index (κ3) is 5.32. The van der Waals surface area contributed by atoms with E-state index in [1.165, 1.54) is 31.2 Å². The van der Waals surface area contributed by atoms with Gasteiger partial charge in [-0.2, -0.15) is 13.2 Å². The van der Waals surface area contributed by atoms with E-state index in [0.29, 0.717) is 13.1 Å². The Hall–Kier alpha value is -3.07. The predicted molar refractivity (Wildman–Crippen MR) is 132 cm³/mol. The van der Waals surface area contributed by atoms with Crippen molar-refractivity contribution in [2.24, 2.45) is 5.14 Å². The second-order valence-electron chi connectivity index (χ2n) is 8.63. The molecule has 14 heteroatoms. The third-order valence-electron chi connectivity index (χ3n) is 6.09. The zero-order valence-electron chi connectivity index (χ0n) is 19.9. The molecular formula is C23H24F3N5O4S2. The van der Waals surface area contributed by atoms with Crippen LogP contribution in [0.5, 0.6) is 0 Å². The monoisotopic (exact) mass is 555 g/mol. The number of primary sulfonamides is 1. The van der Waals surface area contributed by atoms with Crippen LogP contribution >= 0.6 is 0 Å². The van der Waals surface area contributed by atoms with E-state index in [4.69, 9.17) is 5.14 Å². The van der Waals surface area contributed by atoms with Crippen molar-refractivity contribution in [3.8, 4) is 22.3 Å². The lowest BCUT2D eigenvalue weighted by Gasteiger charge is -2.35. The van der Waals surface area contributed by atoms with Crippen molar-refractivity contribution < 1.29 is 30.0 Å². The number of nitrogens with one attached hydrogen (secondary N) is 1. The lowest BCUT2D eigenvalue weighted by atomic mass is 9.86. The highest BCUT2D eigenvalue weighted by Gasteiger charge is 2.44. The van der Waals surface area contributed by atoms with Crippen molar-refractivity contribution in [2.45, 2.75) is 22.9 Å². The maximum absolute atomic E-state index is 14.8. The van der Waals surface area contributed by atoms with Gasteiger partial charge in [0, 0.05) is 56.0 Å². The largest absolute Gasteiger partial charge is 0.418 e. The molecule has 3 N–H and O–H groups in total. The molecule has 0 amide bonds. The van der Waals surface area contributed by atoms with Crippen LogP contribution in [0.15, 0.2) is 52.8 Å². The lowest BCUT2D eigenvalue weighted by molar-refractivity contribution is -0.139. The highest BCUT2D eigenvalue weighted by Crippen LogP contribution is 2.51. The molecule has 1 fully saturated rings. The molecule has 1 aliphatic heterocycles. The van der Waals surface area contributed by atoms with Gasteiger partial charge in [0.2, 0.25) is 10.0 Å². The van der Waals surface area contributed by atoms with Gasteiger partial charge in [-0.1, -0.05) is 12.1 Å². The number of benzene rings is 2. The Morgan fingerprint density at radius 3 is 2.00 bits per heavy atom. The van der Waals surface area contributed by atoms with Gasteiger partial charge in [0.05, 0.1) is 16.1 Å². The maximum Gasteiger partial charge on any atom is 0.418 e. The third-order valence-corrected chi connectivity index (χ3v) is 8.19. The molecule has 0 bridgehead atoms. The fraction of sp³-hybridized carbons (Fsp3) is 0.304. The number of sulfonamides is 1. The minimum Gasteiger partial charge on any atom is -0.368 e. The minimum atomic E-state index is -5.13. The van der Waals surface area contributed by atoms with Crippen molar-refractivity contribution >= 4 is 25.5 Å². The van der Waals surface area contributed by atoms with Crippen LogP contribution in [-0.2, 0) is 26.0 Å². The molecule has 2 heterocycles. The fourth-order valence-electron chi connectivity index (χ4n) is 4.60. The average molecular weight is 556 g/mol. The van der Waals surface area contributed by atoms with Crippen molar-refractivity contribution in [1.82, 2.24) is 15.3 Å². The average Bonchev–Trinajstić information content (AvgIpc) is 2.82. The number of sulfone groups is 1. The molecule has 9 nitrogen and oxygen atoms in total. The first-order valence-electron chi connectivity index (χ1n) is 11.0. The number of alkyl halides is 3. The Labute approximate surface area is 212 Å². The number of aromatic nitrogens is 2. The van der Waals surface area contributed by atoms with E-state index in [-0.39, 0.29) is 45.9 Å². The van der Waals surface area contributed by atoms with E-state index >= 15 is 0 Å². The minimum absolute atomic E-state index is 0.0157. The Bertz CT molecular complexity index is 1540. The first-order chi connectivity index (χ1) is 17.2. The van der Waals surface area contributed by atoms with Crippen LogP contribution in [0.3, 0.4) is 0 Å². The van der Waals surface area contributed by atoms with Gasteiger partial charge in [0.15, 0.2) is 9.84 Å². The summed E-state index contributed by atoms with van der Waals surface area (Å²) in [6.07, 6.45) is -0.665. The summed E-state index contributed by atoms with van der Waals surface area (Å²) < 4.78 is 94.2. The number of hydrogen-bond acceptors (Lipinski definition) is 8. The molecule has 37 heavy (non-hydrogen) atoms. The van der Waals surface area contributed by atoms with Crippen LogP contribution in [0.4, 0.5) is 18.9 Å². The van der Waals surface area contributed by atoms with E-state index in [2.05, 4.69) is 15.3 Å². The number of hydrogen-bond donors (Lipinski definition) is 2. The van der Waals surface area contributed by atoms with Gasteiger partial charge in [-0.05, 0) is 35.7 Å². The normalized spacial score (nSPS) is 15.1. The van der Waals surface area contributed by atoms with Gasteiger partial charge in [0.25, 0.3) is 0 Å². The summed E-state index contributed by atoms with van der Waals surface area (Å²) in [5.74, 6) is 0. The second kappa shape index (κ2) is 9.67. The van der Waals surface area contributed by atoms with Crippen molar-refractivity contribution in [2.75, 3.05) is 37.3 Å². The number of halogens is 3. The molecule has 198 valence electrons. The molecule has 3 aromatic rings. The molecule has 1 saturated heterocycles. The SMILES string of the molecule is Cc1c(-c2ccc(S(C)(=O)=O)cc2)c(-c2cncnc2)c(C(F)(F)F)c(S(N)(=O)=O)c1N1CCNCC1. The molecular weight excluding hydrogens is 531 g/mol. The highest BCUT2D eigenvalue weighted by molar-refractivity contribution is 7.90. The molecule has 0 spiro atoms. The van der Waals surface area contributed by atoms with Crippen molar-refractivity contribution in [1.29, 1.82) is 0 Å². The molecule has 0 unspecified atom stereocenters. The maximum atomic E-state index is 14.8. The first kappa shape index (κ1) is 27.0. The van der Waals surface area contributed by atoms with E-state index in [1.807, 2.05) is 0 Å². The van der Waals surface area contributed by atoms with E-state index in [9.17, 15) is 30.0 Å². The number of anilines is 1. The topological polar surface area (TPSA) is 135 Å². The standard InChI is InChI=1S/C23H24F3N5O4S2/c1-14-18(15-3-5-17(6-4-15)36(2,32)33)19(16-11-29-13-30-12-16)20(23(24,25)26)22(37(27,34)35)21(14)31-9-7-28-8-10-31/h3-6,11-13,28H,7-10H2,1-2H3,(H2,27,34,35). The number of nitrogens with two attached hydrogens (primary N) is 1. The smallest absolute Gasteiger partial charge is 0.368 e. The van der Waals surface area contributed by atoms with Gasteiger partial charge in [0.1, 0.15) is 11.2 Å². The summed E-state index contributed by atoms with van der Waals surface area (Å²) >= 11 is 0. The van der Waals surface area contributed by atoms with E-state index in [1.54, 1.807) is 4.90 Å². The van der Waals surface area contributed by atoms with Gasteiger partial charge < -0.3 is 10.2 Å². The Morgan fingerprint density at radius 2 is 1.51 bits per heavy atom. The predicted octanol–water partition coefficient (Wildman–Crippen LogP) is 2.60. The molecule has 2 aromatic carbocycles. The zero-order chi connectivity index (χ0) is 27.2. The van der Waals surface area contributed by atoms with E-state index < -0.39 is 42.1 Å². The zero-order valence-corrected chi connectivity index (χ0v) is 21.5. The quantitative estimate of drug-likeness (QED) is 0.491. The van der Waals surface area contributed by atoms with Gasteiger partial charge in [-0.25, -0.2) is 31.9 Å². The molecule has 0 saturated carbocycles. The fourth-order valence-corrected chi connectivity index (χ4v) is 6.28. The Kier molecular flexibility index (Phi) is 7.05. The van der Waals surface area contributed by atoms with Gasteiger partial charge >= 0.3 is 6.18 Å². The number of nitrogens with zero attached hydrogens (tertiary/aromatic N) is 3. The number of rotatable bonds is 5. The van der Waals surface area contributed by atoms with Crippen LogP contribution in [-0.4, -0.2) is 59.2 Å². The summed E-state index contributed by atoms with van der Waals surface area (Å²) in [6.45, 7) is 2.89. The summed E-state index contributed by atoms with van der Waals surface area (Å²) in [7, 11) is -8.44. The van der Waals surface area contributed by atoms with Crippen LogP contribution in [0.25, 0.3) is 22.3 Å². The van der Waals surface area contributed by atoms with Gasteiger partial charge in [-0.3, -0.25) is 0 Å². The summed E-state index contributed by atoms with van der Waals surface area (Å²) in [5, 5.41) is 8.56. The van der Waals surface area contributed by atoms with Crippen molar-refractivity contribution in [3.05, 3.63) is 54.1 Å². The molecule has 0 radical (unpaired) electrons. The summed E-state index contributed by atoms with van der Waals surface area (Å²) in [4.78, 5) is 8.22. The van der Waals surface area contributed by atoms with Crippen LogP contribution in [0, 0.1) is 6.92 Å². The highest BCUT2D eigenvalue weighted by atomic mass is 32.2. The Morgan fingerprint density at radius 1 is 0.946 bits per heavy atom. The molecule has 1 aromatic heterocycles. The molecule has 0 atom stereocenters. The summed E-state index contributed by atoms with van der Waals surface area (Å²) in [5.41, 5.74) is -1.53. The Balaban J connectivity index is 2.23. The molecule has 0 aliphatic carbocycles. The first-order valence-corrected chi connectivity index (χ1v) is 14.5. The second-order valence-corrected chi connectivity index (χ2v) is 12.1. The molecule has 4 rings (SSSR count). The van der Waals surface area contributed by atoms with Gasteiger partial charge in [-0.15, -0.1) is 0 Å².